The lowest BCUT2D eigenvalue weighted by atomic mass is 9.48. The third kappa shape index (κ3) is 2.07. The summed E-state index contributed by atoms with van der Waals surface area (Å²) in [5, 5.41) is 0. The quantitative estimate of drug-likeness (QED) is 0.548. The molecule has 4 aliphatic rings. The Morgan fingerprint density at radius 3 is 2.43 bits per heavy atom. The van der Waals surface area contributed by atoms with E-state index in [4.69, 9.17) is 0 Å². The second-order valence-electron chi connectivity index (χ2n) is 9.03. The van der Waals surface area contributed by atoms with E-state index in [9.17, 15) is 0 Å². The molecule has 4 rings (SSSR count). The van der Waals surface area contributed by atoms with Gasteiger partial charge in [-0.1, -0.05) is 39.5 Å². The summed E-state index contributed by atoms with van der Waals surface area (Å²) < 4.78 is 0. The molecule has 0 nitrogen and oxygen atoms in total. The second-order valence-corrected chi connectivity index (χ2v) is 9.03. The minimum atomic E-state index is 0.775. The Hall–Kier alpha value is 0. The van der Waals surface area contributed by atoms with E-state index < -0.39 is 0 Å². The summed E-state index contributed by atoms with van der Waals surface area (Å²) in [5.74, 6) is 6.75. The molecule has 0 heteroatoms. The Kier molecular flexibility index (Phi) is 3.87. The molecule has 0 radical (unpaired) electrons. The zero-order valence-electron chi connectivity index (χ0n) is 14.4. The van der Waals surface area contributed by atoms with Crippen LogP contribution in [0.25, 0.3) is 0 Å². The van der Waals surface area contributed by atoms with Crippen LogP contribution in [0.2, 0.25) is 0 Å². The Labute approximate surface area is 132 Å². The average molecular weight is 289 g/mol. The van der Waals surface area contributed by atoms with Crippen LogP contribution in [0, 0.1) is 40.9 Å². The molecule has 0 aromatic heterocycles. The zero-order valence-corrected chi connectivity index (χ0v) is 14.4. The van der Waals surface area contributed by atoms with Gasteiger partial charge in [0.1, 0.15) is 0 Å². The fourth-order valence-corrected chi connectivity index (χ4v) is 8.09. The molecule has 0 aromatic carbocycles. The van der Waals surface area contributed by atoms with Crippen LogP contribution in [-0.4, -0.2) is 0 Å². The predicted octanol–water partition coefficient (Wildman–Crippen LogP) is 6.45. The molecule has 0 bridgehead atoms. The number of rotatable bonds is 2. The van der Waals surface area contributed by atoms with E-state index in [2.05, 4.69) is 13.8 Å². The van der Waals surface area contributed by atoms with Crippen molar-refractivity contribution < 1.29 is 0 Å². The molecular formula is C21H36. The van der Waals surface area contributed by atoms with E-state index in [1.54, 1.807) is 64.2 Å². The molecule has 0 aliphatic heterocycles. The standard InChI is InChI=1S/C21H36/c1-3-16-10-12-20-19-11-9-15-7-5-6-8-17(15)18(19)13-14-21(16,20)4-2/h15-20H,3-14H2,1-2H3/t15?,16-,17-,18+,19+,20-,21+/m0/s1. The molecule has 4 saturated carbocycles. The fourth-order valence-electron chi connectivity index (χ4n) is 8.09. The third-order valence-electron chi connectivity index (χ3n) is 8.93. The summed E-state index contributed by atoms with van der Waals surface area (Å²) in [4.78, 5) is 0. The van der Waals surface area contributed by atoms with Crippen LogP contribution < -0.4 is 0 Å². The highest BCUT2D eigenvalue weighted by Crippen LogP contribution is 2.65. The number of hydrogen-bond donors (Lipinski definition) is 0. The Morgan fingerprint density at radius 1 is 0.762 bits per heavy atom. The molecule has 0 amide bonds. The molecule has 0 saturated heterocycles. The molecule has 0 aromatic rings. The summed E-state index contributed by atoms with van der Waals surface area (Å²) in [6.07, 6.45) is 18.7. The van der Waals surface area contributed by atoms with Gasteiger partial charge in [-0.05, 0) is 92.3 Å². The highest BCUT2D eigenvalue weighted by Gasteiger charge is 2.57. The van der Waals surface area contributed by atoms with Gasteiger partial charge in [0.15, 0.2) is 0 Å². The largest absolute Gasteiger partial charge is 0.0651 e. The van der Waals surface area contributed by atoms with Crippen LogP contribution in [0.1, 0.15) is 90.9 Å². The average Bonchev–Trinajstić information content (AvgIpc) is 2.93. The van der Waals surface area contributed by atoms with Crippen LogP contribution in [0.5, 0.6) is 0 Å². The van der Waals surface area contributed by atoms with Crippen molar-refractivity contribution >= 4 is 0 Å². The molecule has 7 atom stereocenters. The smallest absolute Gasteiger partial charge is 0.0241 e. The lowest BCUT2D eigenvalue weighted by molar-refractivity contribution is -0.0719. The van der Waals surface area contributed by atoms with E-state index in [1.807, 2.05) is 0 Å². The van der Waals surface area contributed by atoms with E-state index >= 15 is 0 Å². The number of fused-ring (bicyclic) bond motifs is 5. The maximum absolute atomic E-state index is 2.52. The third-order valence-corrected chi connectivity index (χ3v) is 8.93. The first-order valence-corrected chi connectivity index (χ1v) is 10.3. The Balaban J connectivity index is 1.59. The monoisotopic (exact) mass is 288 g/mol. The van der Waals surface area contributed by atoms with Crippen LogP contribution in [0.3, 0.4) is 0 Å². The van der Waals surface area contributed by atoms with Crippen molar-refractivity contribution in [1.82, 2.24) is 0 Å². The molecule has 0 N–H and O–H groups in total. The summed E-state index contributed by atoms with van der Waals surface area (Å²) in [6.45, 7) is 4.99. The summed E-state index contributed by atoms with van der Waals surface area (Å²) in [7, 11) is 0. The van der Waals surface area contributed by atoms with Gasteiger partial charge in [0.05, 0.1) is 0 Å². The fraction of sp³-hybridized carbons (Fsp3) is 1.00. The SMILES string of the molecule is CC[C@H]1CC[C@H]2[C@@H]3CCC4CCCC[C@@H]4[C@H]3CC[C@]12CC. The summed E-state index contributed by atoms with van der Waals surface area (Å²) in [5.41, 5.74) is 0.775. The van der Waals surface area contributed by atoms with Crippen molar-refractivity contribution in [3.05, 3.63) is 0 Å². The van der Waals surface area contributed by atoms with Crippen molar-refractivity contribution in [2.75, 3.05) is 0 Å². The first-order valence-electron chi connectivity index (χ1n) is 10.3. The Morgan fingerprint density at radius 2 is 1.62 bits per heavy atom. The highest BCUT2D eigenvalue weighted by atomic mass is 14.6. The molecule has 21 heavy (non-hydrogen) atoms. The Bertz CT molecular complexity index is 372. The van der Waals surface area contributed by atoms with Crippen LogP contribution in [0.4, 0.5) is 0 Å². The maximum atomic E-state index is 2.52. The lowest BCUT2D eigenvalue weighted by Crippen LogP contribution is -2.48. The van der Waals surface area contributed by atoms with Crippen molar-refractivity contribution in [3.8, 4) is 0 Å². The van der Waals surface area contributed by atoms with Crippen LogP contribution in [0.15, 0.2) is 0 Å². The van der Waals surface area contributed by atoms with E-state index in [0.717, 1.165) is 40.9 Å². The molecule has 0 heterocycles. The van der Waals surface area contributed by atoms with Gasteiger partial charge < -0.3 is 0 Å². The normalized spacial score (nSPS) is 52.9. The van der Waals surface area contributed by atoms with Crippen molar-refractivity contribution in [1.29, 1.82) is 0 Å². The minimum absolute atomic E-state index is 0.775. The molecule has 4 aliphatic carbocycles. The van der Waals surface area contributed by atoms with Crippen LogP contribution in [-0.2, 0) is 0 Å². The van der Waals surface area contributed by atoms with E-state index in [0.29, 0.717) is 0 Å². The van der Waals surface area contributed by atoms with Gasteiger partial charge in [-0.2, -0.15) is 0 Å². The van der Waals surface area contributed by atoms with Crippen LogP contribution >= 0.6 is 0 Å². The van der Waals surface area contributed by atoms with Crippen molar-refractivity contribution in [2.24, 2.45) is 40.9 Å². The van der Waals surface area contributed by atoms with Gasteiger partial charge in [-0.3, -0.25) is 0 Å². The van der Waals surface area contributed by atoms with E-state index in [-0.39, 0.29) is 0 Å². The zero-order chi connectivity index (χ0) is 14.4. The maximum Gasteiger partial charge on any atom is -0.0241 e. The molecule has 1 unspecified atom stereocenters. The first-order chi connectivity index (χ1) is 10.3. The highest BCUT2D eigenvalue weighted by molar-refractivity contribution is 5.06. The van der Waals surface area contributed by atoms with Gasteiger partial charge in [0, 0.05) is 0 Å². The second kappa shape index (κ2) is 5.57. The first kappa shape index (κ1) is 14.6. The lowest BCUT2D eigenvalue weighted by Gasteiger charge is -2.56. The molecule has 4 fully saturated rings. The summed E-state index contributed by atoms with van der Waals surface area (Å²) >= 11 is 0. The van der Waals surface area contributed by atoms with Crippen molar-refractivity contribution in [2.45, 2.75) is 90.9 Å². The molecular weight excluding hydrogens is 252 g/mol. The van der Waals surface area contributed by atoms with Gasteiger partial charge in [-0.25, -0.2) is 0 Å². The number of hydrogen-bond acceptors (Lipinski definition) is 0. The molecule has 120 valence electrons. The molecule has 0 spiro atoms. The van der Waals surface area contributed by atoms with E-state index in [1.165, 1.54) is 12.8 Å². The predicted molar refractivity (Wildman–Crippen MR) is 90.1 cm³/mol. The van der Waals surface area contributed by atoms with Crippen molar-refractivity contribution in [3.63, 3.8) is 0 Å². The summed E-state index contributed by atoms with van der Waals surface area (Å²) in [6, 6.07) is 0. The van der Waals surface area contributed by atoms with Gasteiger partial charge in [-0.15, -0.1) is 0 Å². The van der Waals surface area contributed by atoms with Gasteiger partial charge in [0.2, 0.25) is 0 Å². The minimum Gasteiger partial charge on any atom is -0.0651 e. The topological polar surface area (TPSA) is 0 Å². The van der Waals surface area contributed by atoms with Gasteiger partial charge >= 0.3 is 0 Å². The van der Waals surface area contributed by atoms with Gasteiger partial charge in [0.25, 0.3) is 0 Å².